The average Bonchev–Trinajstić information content (AvgIpc) is 2.10. The number of hydrogen-bond donors (Lipinski definition) is 1. The van der Waals surface area contributed by atoms with Gasteiger partial charge in [-0.2, -0.15) is 0 Å². The van der Waals surface area contributed by atoms with Gasteiger partial charge in [-0.1, -0.05) is 31.9 Å². The van der Waals surface area contributed by atoms with E-state index >= 15 is 0 Å². The summed E-state index contributed by atoms with van der Waals surface area (Å²) < 4.78 is 0. The van der Waals surface area contributed by atoms with Crippen LogP contribution in [-0.2, 0) is 0 Å². The Morgan fingerprint density at radius 1 is 1.33 bits per heavy atom. The molecule has 0 spiro atoms. The Morgan fingerprint density at radius 2 is 2.08 bits per heavy atom. The van der Waals surface area contributed by atoms with Crippen LogP contribution < -0.4 is 5.32 Å². The molecule has 12 heavy (non-hydrogen) atoms. The molecule has 0 bridgehead atoms. The summed E-state index contributed by atoms with van der Waals surface area (Å²) in [7, 11) is 0. The van der Waals surface area contributed by atoms with Gasteiger partial charge in [0.05, 0.1) is 0 Å². The fourth-order valence-electron chi connectivity index (χ4n) is 1.20. The summed E-state index contributed by atoms with van der Waals surface area (Å²) in [6.07, 6.45) is 8.76. The van der Waals surface area contributed by atoms with Crippen molar-refractivity contribution in [2.45, 2.75) is 38.6 Å². The molecular weight excluding hydrogens is 146 g/mol. The summed E-state index contributed by atoms with van der Waals surface area (Å²) >= 11 is 0. The van der Waals surface area contributed by atoms with E-state index in [-0.39, 0.29) is 0 Å². The Morgan fingerprint density at radius 3 is 2.58 bits per heavy atom. The van der Waals surface area contributed by atoms with Crippen LogP contribution in [0, 0.1) is 0 Å². The third-order valence-corrected chi connectivity index (χ3v) is 1.91. The van der Waals surface area contributed by atoms with Gasteiger partial charge in [-0.15, -0.1) is 13.2 Å². The molecular formula is C11H21N. The van der Waals surface area contributed by atoms with Crippen LogP contribution in [0.4, 0.5) is 0 Å². The van der Waals surface area contributed by atoms with Gasteiger partial charge in [-0.25, -0.2) is 0 Å². The first kappa shape index (κ1) is 11.4. The molecule has 1 unspecified atom stereocenters. The maximum absolute atomic E-state index is 3.75. The third-order valence-electron chi connectivity index (χ3n) is 1.91. The highest BCUT2D eigenvalue weighted by Gasteiger charge is 2.02. The lowest BCUT2D eigenvalue weighted by Crippen LogP contribution is -2.28. The van der Waals surface area contributed by atoms with Gasteiger partial charge in [0.2, 0.25) is 0 Å². The second kappa shape index (κ2) is 8.54. The molecule has 0 radical (unpaired) electrons. The van der Waals surface area contributed by atoms with Gasteiger partial charge in [0, 0.05) is 12.6 Å². The highest BCUT2D eigenvalue weighted by molar-refractivity contribution is 4.81. The van der Waals surface area contributed by atoms with Crippen LogP contribution in [0.25, 0.3) is 0 Å². The molecule has 0 amide bonds. The minimum absolute atomic E-state index is 0.598. The minimum Gasteiger partial charge on any atom is -0.310 e. The van der Waals surface area contributed by atoms with Crippen LogP contribution in [0.15, 0.2) is 25.3 Å². The molecule has 0 fully saturated rings. The van der Waals surface area contributed by atoms with E-state index in [0.29, 0.717) is 6.04 Å². The van der Waals surface area contributed by atoms with Gasteiger partial charge in [-0.05, 0) is 12.8 Å². The molecule has 0 saturated carbocycles. The Kier molecular flexibility index (Phi) is 8.14. The Hall–Kier alpha value is -0.560. The van der Waals surface area contributed by atoms with E-state index in [2.05, 4.69) is 25.4 Å². The molecule has 1 N–H and O–H groups in total. The van der Waals surface area contributed by atoms with E-state index < -0.39 is 0 Å². The van der Waals surface area contributed by atoms with E-state index in [1.807, 2.05) is 12.2 Å². The summed E-state index contributed by atoms with van der Waals surface area (Å²) in [6, 6.07) is 0.598. The normalized spacial score (nSPS) is 12.4. The fourth-order valence-corrected chi connectivity index (χ4v) is 1.20. The molecule has 1 heteroatoms. The zero-order valence-corrected chi connectivity index (χ0v) is 8.18. The monoisotopic (exact) mass is 167 g/mol. The predicted molar refractivity (Wildman–Crippen MR) is 56.3 cm³/mol. The summed E-state index contributed by atoms with van der Waals surface area (Å²) in [5.74, 6) is 0. The van der Waals surface area contributed by atoms with Gasteiger partial charge in [0.15, 0.2) is 0 Å². The van der Waals surface area contributed by atoms with Gasteiger partial charge >= 0.3 is 0 Å². The second-order valence-corrected chi connectivity index (χ2v) is 3.06. The molecule has 0 rings (SSSR count). The first-order valence-corrected chi connectivity index (χ1v) is 4.80. The standard InChI is InChI=1S/C11H21N/c1-4-7-9-11(8-5-2)12-10-6-3/h5-6,11-12H,2-4,7-10H2,1H3. The van der Waals surface area contributed by atoms with Crippen molar-refractivity contribution in [3.63, 3.8) is 0 Å². The lowest BCUT2D eigenvalue weighted by atomic mass is 10.1. The Balaban J connectivity index is 3.52. The van der Waals surface area contributed by atoms with Crippen molar-refractivity contribution in [1.82, 2.24) is 5.32 Å². The van der Waals surface area contributed by atoms with Crippen LogP contribution in [-0.4, -0.2) is 12.6 Å². The van der Waals surface area contributed by atoms with Crippen LogP contribution in [0.5, 0.6) is 0 Å². The van der Waals surface area contributed by atoms with E-state index in [4.69, 9.17) is 0 Å². The van der Waals surface area contributed by atoms with Crippen LogP contribution >= 0.6 is 0 Å². The van der Waals surface area contributed by atoms with Crippen molar-refractivity contribution >= 4 is 0 Å². The molecule has 0 aromatic rings. The molecule has 1 nitrogen and oxygen atoms in total. The maximum Gasteiger partial charge on any atom is 0.0135 e. The topological polar surface area (TPSA) is 12.0 Å². The van der Waals surface area contributed by atoms with Gasteiger partial charge in [0.25, 0.3) is 0 Å². The highest BCUT2D eigenvalue weighted by atomic mass is 14.9. The first-order valence-electron chi connectivity index (χ1n) is 4.80. The summed E-state index contributed by atoms with van der Waals surface area (Å²) in [5.41, 5.74) is 0. The largest absolute Gasteiger partial charge is 0.310 e. The molecule has 0 aliphatic heterocycles. The average molecular weight is 167 g/mol. The molecule has 0 aromatic heterocycles. The van der Waals surface area contributed by atoms with E-state index in [1.54, 1.807) is 0 Å². The predicted octanol–water partition coefficient (Wildman–Crippen LogP) is 2.90. The van der Waals surface area contributed by atoms with Crippen molar-refractivity contribution in [3.8, 4) is 0 Å². The summed E-state index contributed by atoms with van der Waals surface area (Å²) in [5, 5.41) is 3.42. The highest BCUT2D eigenvalue weighted by Crippen LogP contribution is 2.04. The van der Waals surface area contributed by atoms with Crippen molar-refractivity contribution in [3.05, 3.63) is 25.3 Å². The van der Waals surface area contributed by atoms with E-state index in [1.165, 1.54) is 19.3 Å². The van der Waals surface area contributed by atoms with Crippen molar-refractivity contribution < 1.29 is 0 Å². The zero-order chi connectivity index (χ0) is 9.23. The first-order chi connectivity index (χ1) is 5.85. The number of unbranched alkanes of at least 4 members (excludes halogenated alkanes) is 1. The molecule has 0 heterocycles. The quantitative estimate of drug-likeness (QED) is 0.548. The number of hydrogen-bond acceptors (Lipinski definition) is 1. The van der Waals surface area contributed by atoms with E-state index in [0.717, 1.165) is 13.0 Å². The summed E-state index contributed by atoms with van der Waals surface area (Å²) in [4.78, 5) is 0. The maximum atomic E-state index is 3.75. The van der Waals surface area contributed by atoms with Crippen molar-refractivity contribution in [2.24, 2.45) is 0 Å². The fraction of sp³-hybridized carbons (Fsp3) is 0.636. The van der Waals surface area contributed by atoms with Crippen LogP contribution in [0.1, 0.15) is 32.6 Å². The van der Waals surface area contributed by atoms with Gasteiger partial charge in [0.1, 0.15) is 0 Å². The van der Waals surface area contributed by atoms with Crippen molar-refractivity contribution in [1.29, 1.82) is 0 Å². The lowest BCUT2D eigenvalue weighted by Gasteiger charge is -2.15. The molecule has 0 saturated heterocycles. The molecule has 70 valence electrons. The molecule has 0 aromatic carbocycles. The molecule has 1 atom stereocenters. The van der Waals surface area contributed by atoms with Gasteiger partial charge in [-0.3, -0.25) is 0 Å². The molecule has 0 aliphatic carbocycles. The van der Waals surface area contributed by atoms with Crippen LogP contribution in [0.2, 0.25) is 0 Å². The molecule has 0 aliphatic rings. The SMILES string of the molecule is C=CCNC(CC=C)CCCC. The number of nitrogens with one attached hydrogen (secondary N) is 1. The number of rotatable bonds is 8. The van der Waals surface area contributed by atoms with Gasteiger partial charge < -0.3 is 5.32 Å². The van der Waals surface area contributed by atoms with Crippen LogP contribution in [0.3, 0.4) is 0 Å². The lowest BCUT2D eigenvalue weighted by molar-refractivity contribution is 0.489. The van der Waals surface area contributed by atoms with Crippen molar-refractivity contribution in [2.75, 3.05) is 6.54 Å². The zero-order valence-electron chi connectivity index (χ0n) is 8.18. The smallest absolute Gasteiger partial charge is 0.0135 e. The third kappa shape index (κ3) is 6.17. The Labute approximate surface area is 76.6 Å². The van der Waals surface area contributed by atoms with E-state index in [9.17, 15) is 0 Å². The summed E-state index contributed by atoms with van der Waals surface area (Å²) in [6.45, 7) is 10.6. The minimum atomic E-state index is 0.598. The second-order valence-electron chi connectivity index (χ2n) is 3.06. The Bertz CT molecular complexity index is 118.